The van der Waals surface area contributed by atoms with E-state index in [2.05, 4.69) is 9.72 Å². The van der Waals surface area contributed by atoms with Gasteiger partial charge in [-0.2, -0.15) is 0 Å². The van der Waals surface area contributed by atoms with E-state index in [1.807, 2.05) is 0 Å². The molecule has 1 aliphatic heterocycles. The fraction of sp³-hybridized carbons (Fsp3) is 0.333. The zero-order chi connectivity index (χ0) is 19.4. The zero-order valence-electron chi connectivity index (χ0n) is 14.0. The van der Waals surface area contributed by atoms with E-state index in [4.69, 9.17) is 4.74 Å². The summed E-state index contributed by atoms with van der Waals surface area (Å²) < 4.78 is 60.3. The Morgan fingerprint density at radius 1 is 1.11 bits per heavy atom. The molecule has 0 bridgehead atoms. The Labute approximate surface area is 152 Å². The van der Waals surface area contributed by atoms with Crippen molar-refractivity contribution in [2.45, 2.75) is 25.1 Å². The Morgan fingerprint density at radius 2 is 1.81 bits per heavy atom. The van der Waals surface area contributed by atoms with E-state index in [-0.39, 0.29) is 18.0 Å². The van der Waals surface area contributed by atoms with Crippen molar-refractivity contribution in [3.8, 4) is 11.5 Å². The van der Waals surface area contributed by atoms with E-state index in [9.17, 15) is 22.4 Å². The molecular weight excluding hydrogens is 368 g/mol. The van der Waals surface area contributed by atoms with Crippen LogP contribution in [0.5, 0.6) is 11.5 Å². The second kappa shape index (κ2) is 7.81. The number of aldehydes is 1. The summed E-state index contributed by atoms with van der Waals surface area (Å²) in [6.07, 6.45) is -4.32. The summed E-state index contributed by atoms with van der Waals surface area (Å²) in [5.41, 5.74) is 0.437. The molecule has 9 heteroatoms. The molecule has 2 aromatic rings. The monoisotopic (exact) mass is 384 g/mol. The van der Waals surface area contributed by atoms with Crippen LogP contribution in [0, 0.1) is 0 Å². The highest BCUT2D eigenvalue weighted by molar-refractivity contribution is 5.74. The Hall–Kier alpha value is -2.84. The molecule has 1 saturated heterocycles. The lowest BCUT2D eigenvalue weighted by atomic mass is 10.1. The molecular formula is C18H16F4N2O3. The first-order chi connectivity index (χ1) is 12.8. The van der Waals surface area contributed by atoms with Crippen molar-refractivity contribution in [1.29, 1.82) is 0 Å². The van der Waals surface area contributed by atoms with E-state index < -0.39 is 18.6 Å². The normalized spacial score (nSPS) is 20.2. The molecule has 2 heterocycles. The molecule has 144 valence electrons. The number of aromatic nitrogens is 1. The summed E-state index contributed by atoms with van der Waals surface area (Å²) >= 11 is 0. The third-order valence-electron chi connectivity index (χ3n) is 4.06. The predicted molar refractivity (Wildman–Crippen MR) is 88.9 cm³/mol. The molecule has 5 nitrogen and oxygen atoms in total. The first-order valence-corrected chi connectivity index (χ1v) is 8.17. The van der Waals surface area contributed by atoms with Gasteiger partial charge in [0.1, 0.15) is 23.4 Å². The highest BCUT2D eigenvalue weighted by Gasteiger charge is 2.32. The minimum Gasteiger partial charge on any atom is -0.487 e. The van der Waals surface area contributed by atoms with Crippen LogP contribution < -0.4 is 14.4 Å². The molecule has 2 atom stereocenters. The molecule has 0 saturated carbocycles. The van der Waals surface area contributed by atoms with Gasteiger partial charge in [0, 0.05) is 24.7 Å². The van der Waals surface area contributed by atoms with Crippen molar-refractivity contribution in [3.63, 3.8) is 0 Å². The number of alkyl halides is 4. The molecule has 0 N–H and O–H groups in total. The van der Waals surface area contributed by atoms with Crippen LogP contribution in [0.25, 0.3) is 0 Å². The molecule has 1 aromatic heterocycles. The summed E-state index contributed by atoms with van der Waals surface area (Å²) in [4.78, 5) is 16.5. The van der Waals surface area contributed by atoms with E-state index in [0.717, 1.165) is 12.1 Å². The molecule has 0 radical (unpaired) electrons. The SMILES string of the molecule is O=Cc1ccc(N2CCC(Oc3ccc(OC(F)(F)F)cc3)C(F)C2)nc1. The number of rotatable bonds is 5. The van der Waals surface area contributed by atoms with Gasteiger partial charge in [0.2, 0.25) is 0 Å². The van der Waals surface area contributed by atoms with Crippen molar-refractivity contribution in [1.82, 2.24) is 4.98 Å². The highest BCUT2D eigenvalue weighted by Crippen LogP contribution is 2.27. The lowest BCUT2D eigenvalue weighted by Gasteiger charge is -2.35. The van der Waals surface area contributed by atoms with E-state index in [1.54, 1.807) is 17.0 Å². The third-order valence-corrected chi connectivity index (χ3v) is 4.06. The van der Waals surface area contributed by atoms with Gasteiger partial charge >= 0.3 is 6.36 Å². The van der Waals surface area contributed by atoms with Gasteiger partial charge in [-0.15, -0.1) is 13.2 Å². The van der Waals surface area contributed by atoms with E-state index >= 15 is 0 Å². The standard InChI is InChI=1S/C18H16F4N2O3/c19-15-10-24(17-6-1-12(11-25)9-23-17)8-7-16(15)26-13-2-4-14(5-3-13)27-18(20,21)22/h1-6,9,11,15-16H,7-8,10H2. The number of halogens is 4. The number of pyridine rings is 1. The van der Waals surface area contributed by atoms with Gasteiger partial charge in [0.25, 0.3) is 0 Å². The average molecular weight is 384 g/mol. The second-order valence-corrected chi connectivity index (χ2v) is 5.99. The smallest absolute Gasteiger partial charge is 0.487 e. The average Bonchev–Trinajstić information content (AvgIpc) is 2.64. The van der Waals surface area contributed by atoms with Crippen LogP contribution in [0.4, 0.5) is 23.4 Å². The van der Waals surface area contributed by atoms with Crippen LogP contribution in [0.2, 0.25) is 0 Å². The lowest BCUT2D eigenvalue weighted by molar-refractivity contribution is -0.274. The van der Waals surface area contributed by atoms with Crippen molar-refractivity contribution in [2.24, 2.45) is 0 Å². The molecule has 1 aliphatic rings. The largest absolute Gasteiger partial charge is 0.573 e. The van der Waals surface area contributed by atoms with Crippen LogP contribution in [0.1, 0.15) is 16.8 Å². The summed E-state index contributed by atoms with van der Waals surface area (Å²) in [5, 5.41) is 0. The molecule has 1 fully saturated rings. The maximum absolute atomic E-state index is 14.5. The number of hydrogen-bond donors (Lipinski definition) is 0. The predicted octanol–water partition coefficient (Wildman–Crippen LogP) is 3.79. The second-order valence-electron chi connectivity index (χ2n) is 5.99. The van der Waals surface area contributed by atoms with Gasteiger partial charge in [-0.05, 0) is 36.4 Å². The Kier molecular flexibility index (Phi) is 5.48. The van der Waals surface area contributed by atoms with Gasteiger partial charge in [0.05, 0.1) is 6.54 Å². The van der Waals surface area contributed by atoms with Gasteiger partial charge in [0.15, 0.2) is 12.5 Å². The van der Waals surface area contributed by atoms with Crippen LogP contribution in [0.15, 0.2) is 42.6 Å². The highest BCUT2D eigenvalue weighted by atomic mass is 19.4. The quantitative estimate of drug-likeness (QED) is 0.580. The van der Waals surface area contributed by atoms with Crippen LogP contribution >= 0.6 is 0 Å². The number of anilines is 1. The molecule has 1 aromatic carbocycles. The number of carbonyl (C=O) groups excluding carboxylic acids is 1. The fourth-order valence-corrected chi connectivity index (χ4v) is 2.77. The number of nitrogens with zero attached hydrogens (tertiary/aromatic N) is 2. The van der Waals surface area contributed by atoms with Crippen LogP contribution in [-0.2, 0) is 0 Å². The van der Waals surface area contributed by atoms with Gasteiger partial charge < -0.3 is 14.4 Å². The number of carbonyl (C=O) groups is 1. The minimum atomic E-state index is -4.77. The Balaban J connectivity index is 1.57. The first kappa shape index (κ1) is 18.9. The van der Waals surface area contributed by atoms with Gasteiger partial charge in [-0.1, -0.05) is 0 Å². The summed E-state index contributed by atoms with van der Waals surface area (Å²) in [6, 6.07) is 8.10. The van der Waals surface area contributed by atoms with Crippen LogP contribution in [-0.4, -0.2) is 43.0 Å². The fourth-order valence-electron chi connectivity index (χ4n) is 2.77. The third kappa shape index (κ3) is 5.08. The molecule has 0 spiro atoms. The summed E-state index contributed by atoms with van der Waals surface area (Å²) in [5.74, 6) is 0.459. The number of benzene rings is 1. The van der Waals surface area contributed by atoms with Crippen molar-refractivity contribution in [3.05, 3.63) is 48.2 Å². The molecule has 0 aliphatic carbocycles. The number of ether oxygens (including phenoxy) is 2. The summed E-state index contributed by atoms with van der Waals surface area (Å²) in [7, 11) is 0. The van der Waals surface area contributed by atoms with Crippen molar-refractivity contribution < 1.29 is 31.8 Å². The molecule has 0 amide bonds. The van der Waals surface area contributed by atoms with E-state index in [1.165, 1.54) is 18.3 Å². The minimum absolute atomic E-state index is 0.0629. The molecule has 3 rings (SSSR count). The zero-order valence-corrected chi connectivity index (χ0v) is 14.0. The Bertz CT molecular complexity index is 766. The number of hydrogen-bond acceptors (Lipinski definition) is 5. The van der Waals surface area contributed by atoms with Crippen molar-refractivity contribution in [2.75, 3.05) is 18.0 Å². The maximum atomic E-state index is 14.5. The van der Waals surface area contributed by atoms with Crippen molar-refractivity contribution >= 4 is 12.1 Å². The van der Waals surface area contributed by atoms with Gasteiger partial charge in [-0.25, -0.2) is 9.37 Å². The first-order valence-electron chi connectivity index (χ1n) is 8.17. The molecule has 27 heavy (non-hydrogen) atoms. The number of piperidine rings is 1. The summed E-state index contributed by atoms with van der Waals surface area (Å²) in [6.45, 7) is 0.557. The van der Waals surface area contributed by atoms with E-state index in [0.29, 0.717) is 30.6 Å². The van der Waals surface area contributed by atoms with Gasteiger partial charge in [-0.3, -0.25) is 4.79 Å². The lowest BCUT2D eigenvalue weighted by Crippen LogP contribution is -2.47. The topological polar surface area (TPSA) is 51.7 Å². The molecule has 2 unspecified atom stereocenters. The maximum Gasteiger partial charge on any atom is 0.573 e. The van der Waals surface area contributed by atoms with Crippen LogP contribution in [0.3, 0.4) is 0 Å². The Morgan fingerprint density at radius 3 is 2.37 bits per heavy atom.